The number of ether oxygens (including phenoxy) is 3. The third-order valence-corrected chi connectivity index (χ3v) is 4.74. The molecule has 3 rings (SSSR count). The molecule has 28 heavy (non-hydrogen) atoms. The number of para-hydroxylation sites is 1. The Balaban J connectivity index is 2.24. The van der Waals surface area contributed by atoms with E-state index in [4.69, 9.17) is 19.2 Å². The second-order valence-electron chi connectivity index (χ2n) is 6.40. The molecule has 0 saturated carbocycles. The van der Waals surface area contributed by atoms with Gasteiger partial charge in [0, 0.05) is 24.1 Å². The van der Waals surface area contributed by atoms with Crippen molar-refractivity contribution in [3.63, 3.8) is 0 Å². The number of hydrogen-bond donors (Lipinski definition) is 1. The van der Waals surface area contributed by atoms with E-state index >= 15 is 0 Å². The Labute approximate surface area is 164 Å². The molecule has 1 heterocycles. The van der Waals surface area contributed by atoms with E-state index in [0.717, 1.165) is 33.3 Å². The lowest BCUT2D eigenvalue weighted by Crippen LogP contribution is -2.20. The van der Waals surface area contributed by atoms with Crippen LogP contribution in [-0.4, -0.2) is 39.3 Å². The molecule has 1 amide bonds. The molecule has 0 atom stereocenters. The molecule has 1 N–H and O–H groups in total. The number of benzene rings is 2. The fourth-order valence-electron chi connectivity index (χ4n) is 3.25. The Morgan fingerprint density at radius 3 is 2.32 bits per heavy atom. The smallest absolute Gasteiger partial charge is 0.224 e. The number of carbonyl (C=O) groups excluding carboxylic acids is 1. The van der Waals surface area contributed by atoms with Crippen molar-refractivity contribution < 1.29 is 19.0 Å². The second-order valence-corrected chi connectivity index (χ2v) is 6.40. The topological polar surface area (TPSA) is 69.7 Å². The van der Waals surface area contributed by atoms with Crippen LogP contribution in [-0.2, 0) is 11.2 Å². The van der Waals surface area contributed by atoms with Crippen LogP contribution in [0, 0.1) is 6.92 Å². The molecule has 6 nitrogen and oxygen atoms in total. The summed E-state index contributed by atoms with van der Waals surface area (Å²) in [5, 5.41) is 3.69. The summed E-state index contributed by atoms with van der Waals surface area (Å²) in [5.74, 6) is 1.76. The average Bonchev–Trinajstić information content (AvgIpc) is 2.72. The lowest BCUT2D eigenvalue weighted by Gasteiger charge is -2.15. The standard InChI is InChI=1S/C22H24N2O4/c1-13-9-17(16-11-19(27-4)20(28-5)12-18(16)26-3)24-22-14(10-21(25)23-2)7-6-8-15(13)22/h6-9,11-12H,10H2,1-5H3,(H,23,25). The first-order valence-corrected chi connectivity index (χ1v) is 8.92. The van der Waals surface area contributed by atoms with Crippen molar-refractivity contribution in [1.29, 1.82) is 0 Å². The number of rotatable bonds is 6. The van der Waals surface area contributed by atoms with Crippen molar-refractivity contribution in [2.24, 2.45) is 0 Å². The van der Waals surface area contributed by atoms with Gasteiger partial charge in [-0.15, -0.1) is 0 Å². The van der Waals surface area contributed by atoms with Gasteiger partial charge in [0.1, 0.15) is 5.75 Å². The van der Waals surface area contributed by atoms with Gasteiger partial charge in [0.25, 0.3) is 0 Å². The van der Waals surface area contributed by atoms with Gasteiger partial charge in [0.2, 0.25) is 5.91 Å². The number of fused-ring (bicyclic) bond motifs is 1. The molecule has 6 heteroatoms. The summed E-state index contributed by atoms with van der Waals surface area (Å²) in [6.07, 6.45) is 0.271. The Hall–Kier alpha value is -3.28. The molecule has 1 aromatic heterocycles. The van der Waals surface area contributed by atoms with E-state index in [2.05, 4.69) is 5.32 Å². The van der Waals surface area contributed by atoms with Gasteiger partial charge < -0.3 is 19.5 Å². The normalized spacial score (nSPS) is 10.6. The van der Waals surface area contributed by atoms with E-state index in [1.54, 1.807) is 34.4 Å². The number of hydrogen-bond acceptors (Lipinski definition) is 5. The van der Waals surface area contributed by atoms with Crippen LogP contribution < -0.4 is 19.5 Å². The molecule has 0 bridgehead atoms. The molecule has 2 aromatic carbocycles. The number of aryl methyl sites for hydroxylation is 1. The van der Waals surface area contributed by atoms with E-state index in [1.807, 2.05) is 37.3 Å². The molecule has 0 unspecified atom stereocenters. The number of nitrogens with zero attached hydrogens (tertiary/aromatic N) is 1. The van der Waals surface area contributed by atoms with Crippen molar-refractivity contribution in [3.05, 3.63) is 47.5 Å². The number of methoxy groups -OCH3 is 3. The van der Waals surface area contributed by atoms with Crippen LogP contribution in [0.1, 0.15) is 11.1 Å². The van der Waals surface area contributed by atoms with Crippen molar-refractivity contribution in [2.75, 3.05) is 28.4 Å². The molecular weight excluding hydrogens is 356 g/mol. The quantitative estimate of drug-likeness (QED) is 0.709. The van der Waals surface area contributed by atoms with Crippen LogP contribution in [0.4, 0.5) is 0 Å². The number of nitrogens with one attached hydrogen (secondary N) is 1. The van der Waals surface area contributed by atoms with Gasteiger partial charge in [-0.2, -0.15) is 0 Å². The van der Waals surface area contributed by atoms with E-state index in [1.165, 1.54) is 0 Å². The summed E-state index contributed by atoms with van der Waals surface area (Å²) < 4.78 is 16.4. The van der Waals surface area contributed by atoms with Gasteiger partial charge in [-0.1, -0.05) is 18.2 Å². The second kappa shape index (κ2) is 8.17. The zero-order valence-corrected chi connectivity index (χ0v) is 16.8. The van der Waals surface area contributed by atoms with Crippen LogP contribution in [0.15, 0.2) is 36.4 Å². The van der Waals surface area contributed by atoms with Gasteiger partial charge in [0.15, 0.2) is 11.5 Å². The number of likely N-dealkylation sites (N-methyl/N-ethyl adjacent to an activating group) is 1. The maximum atomic E-state index is 11.9. The van der Waals surface area contributed by atoms with Gasteiger partial charge in [-0.25, -0.2) is 4.98 Å². The van der Waals surface area contributed by atoms with Crippen LogP contribution >= 0.6 is 0 Å². The molecular formula is C22H24N2O4. The van der Waals surface area contributed by atoms with E-state index in [9.17, 15) is 4.79 Å². The highest BCUT2D eigenvalue weighted by Gasteiger charge is 2.17. The SMILES string of the molecule is CNC(=O)Cc1cccc2c(C)cc(-c3cc(OC)c(OC)cc3OC)nc12. The fourth-order valence-corrected chi connectivity index (χ4v) is 3.25. The largest absolute Gasteiger partial charge is 0.496 e. The van der Waals surface area contributed by atoms with Crippen molar-refractivity contribution >= 4 is 16.8 Å². The van der Waals surface area contributed by atoms with Crippen LogP contribution in [0.25, 0.3) is 22.2 Å². The lowest BCUT2D eigenvalue weighted by molar-refractivity contribution is -0.119. The van der Waals surface area contributed by atoms with Gasteiger partial charge in [-0.05, 0) is 30.2 Å². The first-order valence-electron chi connectivity index (χ1n) is 8.92. The van der Waals surface area contributed by atoms with Crippen LogP contribution in [0.5, 0.6) is 17.2 Å². The van der Waals surface area contributed by atoms with Crippen molar-refractivity contribution in [2.45, 2.75) is 13.3 Å². The Kier molecular flexibility index (Phi) is 5.68. The first-order chi connectivity index (χ1) is 13.5. The van der Waals surface area contributed by atoms with Crippen molar-refractivity contribution in [1.82, 2.24) is 10.3 Å². The molecule has 0 fully saturated rings. The van der Waals surface area contributed by atoms with Gasteiger partial charge in [0.05, 0.1) is 39.0 Å². The third-order valence-electron chi connectivity index (χ3n) is 4.74. The number of amides is 1. The molecule has 3 aromatic rings. The maximum absolute atomic E-state index is 11.9. The highest BCUT2D eigenvalue weighted by Crippen LogP contribution is 2.40. The van der Waals surface area contributed by atoms with Crippen LogP contribution in [0.2, 0.25) is 0 Å². The highest BCUT2D eigenvalue weighted by molar-refractivity contribution is 5.91. The first kappa shape index (κ1) is 19.5. The molecule has 0 aliphatic carbocycles. The van der Waals surface area contributed by atoms with E-state index in [0.29, 0.717) is 17.2 Å². The number of pyridine rings is 1. The van der Waals surface area contributed by atoms with Gasteiger partial charge >= 0.3 is 0 Å². The molecule has 0 radical (unpaired) electrons. The molecule has 0 saturated heterocycles. The van der Waals surface area contributed by atoms with E-state index < -0.39 is 0 Å². The number of aromatic nitrogens is 1. The predicted molar refractivity (Wildman–Crippen MR) is 109 cm³/mol. The zero-order chi connectivity index (χ0) is 20.3. The Morgan fingerprint density at radius 1 is 1.00 bits per heavy atom. The summed E-state index contributed by atoms with van der Waals surface area (Å²) in [4.78, 5) is 16.8. The molecule has 0 spiro atoms. The third kappa shape index (κ3) is 3.58. The average molecular weight is 380 g/mol. The highest BCUT2D eigenvalue weighted by atomic mass is 16.5. The maximum Gasteiger partial charge on any atom is 0.224 e. The molecule has 0 aliphatic rings. The minimum atomic E-state index is -0.0546. The fraction of sp³-hybridized carbons (Fsp3) is 0.273. The lowest BCUT2D eigenvalue weighted by atomic mass is 10.00. The minimum absolute atomic E-state index is 0.0546. The Bertz CT molecular complexity index is 1030. The monoisotopic (exact) mass is 380 g/mol. The summed E-state index contributed by atoms with van der Waals surface area (Å²) in [6.45, 7) is 2.03. The zero-order valence-electron chi connectivity index (χ0n) is 16.8. The number of carbonyl (C=O) groups is 1. The van der Waals surface area contributed by atoms with E-state index in [-0.39, 0.29) is 12.3 Å². The van der Waals surface area contributed by atoms with Crippen molar-refractivity contribution in [3.8, 4) is 28.5 Å². The molecule has 0 aliphatic heterocycles. The summed E-state index contributed by atoms with van der Waals surface area (Å²) >= 11 is 0. The van der Waals surface area contributed by atoms with Gasteiger partial charge in [-0.3, -0.25) is 4.79 Å². The predicted octanol–water partition coefficient (Wildman–Crippen LogP) is 3.52. The van der Waals surface area contributed by atoms with Crippen LogP contribution in [0.3, 0.4) is 0 Å². The Morgan fingerprint density at radius 2 is 1.68 bits per heavy atom. The minimum Gasteiger partial charge on any atom is -0.496 e. The molecule has 146 valence electrons. The summed E-state index contributed by atoms with van der Waals surface area (Å²) in [7, 11) is 6.41. The summed E-state index contributed by atoms with van der Waals surface area (Å²) in [6, 6.07) is 11.5. The summed E-state index contributed by atoms with van der Waals surface area (Å²) in [5.41, 5.74) is 4.28.